The highest BCUT2D eigenvalue weighted by Gasteiger charge is 2.23. The lowest BCUT2D eigenvalue weighted by Crippen LogP contribution is -2.46. The van der Waals surface area contributed by atoms with Crippen LogP contribution in [0.1, 0.15) is 63.1 Å². The van der Waals surface area contributed by atoms with E-state index in [-0.39, 0.29) is 0 Å². The zero-order valence-electron chi connectivity index (χ0n) is 18.5. The number of likely N-dealkylation sites (tertiary alicyclic amines) is 1. The highest BCUT2D eigenvalue weighted by molar-refractivity contribution is 7.99. The van der Waals surface area contributed by atoms with Gasteiger partial charge in [0.15, 0.2) is 5.96 Å². The van der Waals surface area contributed by atoms with Crippen LogP contribution < -0.4 is 10.6 Å². The second-order valence-electron chi connectivity index (χ2n) is 8.39. The van der Waals surface area contributed by atoms with Gasteiger partial charge in [-0.25, -0.2) is 4.98 Å². The summed E-state index contributed by atoms with van der Waals surface area (Å²) in [7, 11) is 0. The molecule has 7 heteroatoms. The van der Waals surface area contributed by atoms with Crippen LogP contribution in [0.25, 0.3) is 0 Å². The summed E-state index contributed by atoms with van der Waals surface area (Å²) in [5, 5.41) is 11.5. The maximum Gasteiger partial charge on any atom is 0.191 e. The van der Waals surface area contributed by atoms with E-state index < -0.39 is 0 Å². The molecule has 0 bridgehead atoms. The summed E-state index contributed by atoms with van der Waals surface area (Å²) >= 11 is 3.82. The van der Waals surface area contributed by atoms with Gasteiger partial charge < -0.3 is 10.6 Å². The van der Waals surface area contributed by atoms with Gasteiger partial charge in [0.2, 0.25) is 0 Å². The first-order valence-corrected chi connectivity index (χ1v) is 13.6. The van der Waals surface area contributed by atoms with Gasteiger partial charge in [0.05, 0.1) is 10.7 Å². The lowest BCUT2D eigenvalue weighted by molar-refractivity contribution is 0.179. The molecule has 1 aliphatic carbocycles. The topological polar surface area (TPSA) is 52.6 Å². The third-order valence-corrected chi connectivity index (χ3v) is 8.28. The van der Waals surface area contributed by atoms with E-state index in [2.05, 4.69) is 41.0 Å². The molecule has 3 rings (SSSR count). The van der Waals surface area contributed by atoms with Crippen LogP contribution in [0.15, 0.2) is 10.4 Å². The van der Waals surface area contributed by atoms with Gasteiger partial charge in [-0.3, -0.25) is 9.89 Å². The van der Waals surface area contributed by atoms with Crippen molar-refractivity contribution in [3.8, 4) is 0 Å². The van der Waals surface area contributed by atoms with E-state index in [9.17, 15) is 0 Å². The number of piperidine rings is 1. The minimum atomic E-state index is 0.576. The molecule has 2 aliphatic rings. The molecule has 1 saturated carbocycles. The molecular weight excluding hydrogens is 398 g/mol. The number of guanidine groups is 1. The highest BCUT2D eigenvalue weighted by Crippen LogP contribution is 2.27. The fraction of sp³-hybridized carbons (Fsp3) is 0.818. The van der Waals surface area contributed by atoms with Gasteiger partial charge >= 0.3 is 0 Å². The summed E-state index contributed by atoms with van der Waals surface area (Å²) in [5.41, 5.74) is 1.25. The predicted molar refractivity (Wildman–Crippen MR) is 128 cm³/mol. The monoisotopic (exact) mass is 437 g/mol. The molecule has 1 aromatic rings. The van der Waals surface area contributed by atoms with Crippen LogP contribution in [0.3, 0.4) is 0 Å². The second-order valence-corrected chi connectivity index (χ2v) is 10.5. The number of thioether (sulfide) groups is 1. The summed E-state index contributed by atoms with van der Waals surface area (Å²) in [5.74, 6) is 1.73. The highest BCUT2D eigenvalue weighted by atomic mass is 32.2. The third-order valence-electron chi connectivity index (χ3n) is 6.15. The average Bonchev–Trinajstić information content (AvgIpc) is 3.21. The summed E-state index contributed by atoms with van der Waals surface area (Å²) in [4.78, 5) is 12.2. The van der Waals surface area contributed by atoms with Crippen LogP contribution in [0.2, 0.25) is 0 Å². The van der Waals surface area contributed by atoms with Crippen LogP contribution in [0.4, 0.5) is 0 Å². The molecule has 29 heavy (non-hydrogen) atoms. The van der Waals surface area contributed by atoms with E-state index in [0.717, 1.165) is 37.3 Å². The summed E-state index contributed by atoms with van der Waals surface area (Å²) in [6.45, 7) is 9.55. The number of hydrogen-bond acceptors (Lipinski definition) is 5. The van der Waals surface area contributed by atoms with Crippen molar-refractivity contribution in [1.82, 2.24) is 20.5 Å². The number of aromatic nitrogens is 1. The Morgan fingerprint density at radius 1 is 1.28 bits per heavy atom. The van der Waals surface area contributed by atoms with Crippen LogP contribution in [-0.4, -0.2) is 59.6 Å². The number of nitrogens with one attached hydrogen (secondary N) is 2. The first-order chi connectivity index (χ1) is 14.2. The maximum absolute atomic E-state index is 4.96. The maximum atomic E-state index is 4.96. The van der Waals surface area contributed by atoms with Crippen molar-refractivity contribution in [2.45, 2.75) is 76.6 Å². The van der Waals surface area contributed by atoms with Gasteiger partial charge in [-0.05, 0) is 70.7 Å². The molecule has 5 nitrogen and oxygen atoms in total. The van der Waals surface area contributed by atoms with Crippen LogP contribution in [0, 0.1) is 5.92 Å². The van der Waals surface area contributed by atoms with E-state index in [1.165, 1.54) is 62.3 Å². The zero-order valence-corrected chi connectivity index (χ0v) is 20.1. The van der Waals surface area contributed by atoms with Gasteiger partial charge in [0.1, 0.15) is 0 Å². The van der Waals surface area contributed by atoms with Crippen molar-refractivity contribution in [2.24, 2.45) is 10.9 Å². The Labute approximate surface area is 185 Å². The molecule has 1 saturated heterocycles. The van der Waals surface area contributed by atoms with Gasteiger partial charge in [-0.1, -0.05) is 13.3 Å². The molecule has 2 fully saturated rings. The molecule has 2 atom stereocenters. The smallest absolute Gasteiger partial charge is 0.191 e. The first-order valence-electron chi connectivity index (χ1n) is 11.4. The zero-order chi connectivity index (χ0) is 20.5. The van der Waals surface area contributed by atoms with E-state index in [1.54, 1.807) is 11.3 Å². The molecule has 0 amide bonds. The Morgan fingerprint density at radius 3 is 2.79 bits per heavy atom. The number of hydrogen-bond donors (Lipinski definition) is 2. The lowest BCUT2D eigenvalue weighted by atomic mass is 9.95. The molecule has 2 unspecified atom stereocenters. The largest absolute Gasteiger partial charge is 0.357 e. The quantitative estimate of drug-likeness (QED) is 0.473. The minimum Gasteiger partial charge on any atom is -0.357 e. The molecule has 164 valence electrons. The Hall–Kier alpha value is -0.790. The van der Waals surface area contributed by atoms with E-state index in [0.29, 0.717) is 12.0 Å². The van der Waals surface area contributed by atoms with E-state index in [4.69, 9.17) is 9.98 Å². The molecule has 1 aromatic heterocycles. The SMILES string of the molecule is CCNC(=NCC1CCN(Cc2csc(CC)n2)CC1)NC1CCCC(SC)C1. The predicted octanol–water partition coefficient (Wildman–Crippen LogP) is 4.15. The van der Waals surface area contributed by atoms with Crippen molar-refractivity contribution in [3.05, 3.63) is 16.1 Å². The molecule has 2 heterocycles. The van der Waals surface area contributed by atoms with Crippen LogP contribution in [0.5, 0.6) is 0 Å². The number of rotatable bonds is 8. The van der Waals surface area contributed by atoms with Crippen molar-refractivity contribution < 1.29 is 0 Å². The summed E-state index contributed by atoms with van der Waals surface area (Å²) in [6.07, 6.45) is 11.0. The summed E-state index contributed by atoms with van der Waals surface area (Å²) in [6, 6.07) is 0.576. The van der Waals surface area contributed by atoms with Crippen molar-refractivity contribution >= 4 is 29.1 Å². The van der Waals surface area contributed by atoms with Gasteiger partial charge in [0, 0.05) is 36.3 Å². The number of thiazole rings is 1. The molecule has 2 N–H and O–H groups in total. The van der Waals surface area contributed by atoms with Gasteiger partial charge in [0.25, 0.3) is 0 Å². The Kier molecular flexibility index (Phi) is 9.59. The van der Waals surface area contributed by atoms with E-state index >= 15 is 0 Å². The molecular formula is C22H39N5S2. The average molecular weight is 438 g/mol. The third kappa shape index (κ3) is 7.44. The van der Waals surface area contributed by atoms with Crippen molar-refractivity contribution in [2.75, 3.05) is 32.4 Å². The molecule has 0 aromatic carbocycles. The van der Waals surface area contributed by atoms with Crippen LogP contribution >= 0.6 is 23.1 Å². The molecule has 0 radical (unpaired) electrons. The van der Waals surface area contributed by atoms with Crippen molar-refractivity contribution in [1.29, 1.82) is 0 Å². The van der Waals surface area contributed by atoms with Crippen LogP contribution in [-0.2, 0) is 13.0 Å². The minimum absolute atomic E-state index is 0.576. The lowest BCUT2D eigenvalue weighted by Gasteiger charge is -2.31. The van der Waals surface area contributed by atoms with E-state index in [1.807, 2.05) is 11.8 Å². The first kappa shape index (κ1) is 22.9. The Bertz CT molecular complexity index is 624. The number of aryl methyl sites for hydroxylation is 1. The number of aliphatic imine (C=N–C) groups is 1. The fourth-order valence-electron chi connectivity index (χ4n) is 4.36. The normalized spacial score (nSPS) is 24.6. The molecule has 1 aliphatic heterocycles. The second kappa shape index (κ2) is 12.2. The molecule has 0 spiro atoms. The Balaban J connectivity index is 1.43. The standard InChI is InChI=1S/C22H39N5S2/c1-4-21-25-19(16-29-21)15-27-11-9-17(10-12-27)14-24-22(23-5-2)26-18-7-6-8-20(13-18)28-3/h16-18,20H,4-15H2,1-3H3,(H2,23,24,26). The number of nitrogens with zero attached hydrogens (tertiary/aromatic N) is 3. The van der Waals surface area contributed by atoms with Gasteiger partial charge in [-0.15, -0.1) is 11.3 Å². The Morgan fingerprint density at radius 2 is 2.10 bits per heavy atom. The summed E-state index contributed by atoms with van der Waals surface area (Å²) < 4.78 is 0. The van der Waals surface area contributed by atoms with Crippen molar-refractivity contribution in [3.63, 3.8) is 0 Å². The van der Waals surface area contributed by atoms with Gasteiger partial charge in [-0.2, -0.15) is 11.8 Å². The fourth-order valence-corrected chi connectivity index (χ4v) is 5.93.